The van der Waals surface area contributed by atoms with Crippen molar-refractivity contribution in [1.29, 1.82) is 0 Å². The summed E-state index contributed by atoms with van der Waals surface area (Å²) < 4.78 is 5.38. The highest BCUT2D eigenvalue weighted by Crippen LogP contribution is 2.16. The summed E-state index contributed by atoms with van der Waals surface area (Å²) in [5.74, 6) is 0. The Kier molecular flexibility index (Phi) is 4.20. The van der Waals surface area contributed by atoms with E-state index in [0.717, 1.165) is 19.4 Å². The van der Waals surface area contributed by atoms with Gasteiger partial charge in [-0.1, -0.05) is 0 Å². The molecule has 0 N–H and O–H groups in total. The highest BCUT2D eigenvalue weighted by Gasteiger charge is 2.25. The van der Waals surface area contributed by atoms with Crippen molar-refractivity contribution in [1.82, 2.24) is 9.80 Å². The number of carbonyl (C=O) groups excluding carboxylic acids is 1. The Balaban J connectivity index is 2.39. The molecule has 0 bridgehead atoms. The van der Waals surface area contributed by atoms with Crippen LogP contribution in [0, 0.1) is 0 Å². The van der Waals surface area contributed by atoms with Gasteiger partial charge in [0.2, 0.25) is 0 Å². The number of nitrogens with zero attached hydrogens (tertiary/aromatic N) is 2. The molecule has 82 valence electrons. The zero-order valence-electron chi connectivity index (χ0n) is 9.32. The van der Waals surface area contributed by atoms with Crippen molar-refractivity contribution in [2.24, 2.45) is 0 Å². The number of rotatable bonds is 3. The van der Waals surface area contributed by atoms with Gasteiger partial charge in [-0.25, -0.2) is 4.79 Å². The molecule has 1 aliphatic heterocycles. The fourth-order valence-electron chi connectivity index (χ4n) is 1.70. The van der Waals surface area contributed by atoms with E-state index in [9.17, 15) is 4.79 Å². The van der Waals surface area contributed by atoms with Gasteiger partial charge < -0.3 is 9.64 Å². The fourth-order valence-corrected chi connectivity index (χ4v) is 1.70. The van der Waals surface area contributed by atoms with Crippen LogP contribution < -0.4 is 0 Å². The molecular formula is C10H20N2O2. The molecule has 0 radical (unpaired) electrons. The molecule has 1 rings (SSSR count). The van der Waals surface area contributed by atoms with Crippen LogP contribution in [-0.2, 0) is 4.74 Å². The third kappa shape index (κ3) is 2.61. The van der Waals surface area contributed by atoms with E-state index < -0.39 is 0 Å². The minimum Gasteiger partial charge on any atom is -0.430 e. The highest BCUT2D eigenvalue weighted by atomic mass is 16.6. The van der Waals surface area contributed by atoms with Crippen molar-refractivity contribution in [3.8, 4) is 0 Å². The van der Waals surface area contributed by atoms with Crippen LogP contribution in [0.4, 0.5) is 4.79 Å². The third-order valence-electron chi connectivity index (χ3n) is 2.71. The lowest BCUT2D eigenvalue weighted by Crippen LogP contribution is -2.37. The molecule has 1 unspecified atom stereocenters. The van der Waals surface area contributed by atoms with Crippen molar-refractivity contribution in [3.63, 3.8) is 0 Å². The molecule has 1 fully saturated rings. The van der Waals surface area contributed by atoms with Gasteiger partial charge in [0.1, 0.15) is 0 Å². The third-order valence-corrected chi connectivity index (χ3v) is 2.71. The topological polar surface area (TPSA) is 32.8 Å². The van der Waals surface area contributed by atoms with Gasteiger partial charge in [-0.2, -0.15) is 0 Å². The average molecular weight is 200 g/mol. The molecule has 4 heteroatoms. The Morgan fingerprint density at radius 2 is 2.14 bits per heavy atom. The van der Waals surface area contributed by atoms with Crippen molar-refractivity contribution >= 4 is 6.09 Å². The first-order valence-corrected chi connectivity index (χ1v) is 5.34. The van der Waals surface area contributed by atoms with Crippen molar-refractivity contribution in [3.05, 3.63) is 0 Å². The predicted octanol–water partition coefficient (Wildman–Crippen LogP) is 1.52. The molecule has 0 spiro atoms. The Labute approximate surface area is 85.8 Å². The first kappa shape index (κ1) is 11.3. The van der Waals surface area contributed by atoms with Crippen LogP contribution >= 0.6 is 0 Å². The SMILES string of the molecule is CCN(CC)C(=O)OC1CCCN1C. The van der Waals surface area contributed by atoms with Gasteiger partial charge in [-0.3, -0.25) is 4.90 Å². The van der Waals surface area contributed by atoms with Gasteiger partial charge in [0.15, 0.2) is 6.23 Å². The summed E-state index contributed by atoms with van der Waals surface area (Å²) in [4.78, 5) is 15.4. The highest BCUT2D eigenvalue weighted by molar-refractivity contribution is 5.67. The quantitative estimate of drug-likeness (QED) is 0.692. The summed E-state index contributed by atoms with van der Waals surface area (Å²) in [6.45, 7) is 6.37. The normalized spacial score (nSPS) is 22.4. The van der Waals surface area contributed by atoms with Crippen molar-refractivity contribution < 1.29 is 9.53 Å². The zero-order valence-corrected chi connectivity index (χ0v) is 9.32. The summed E-state index contributed by atoms with van der Waals surface area (Å²) >= 11 is 0. The maximum atomic E-state index is 11.6. The van der Waals surface area contributed by atoms with E-state index in [4.69, 9.17) is 4.74 Å². The fraction of sp³-hybridized carbons (Fsp3) is 0.900. The maximum absolute atomic E-state index is 11.6. The molecule has 14 heavy (non-hydrogen) atoms. The molecule has 0 saturated carbocycles. The number of hydrogen-bond donors (Lipinski definition) is 0. The molecule has 1 saturated heterocycles. The lowest BCUT2D eigenvalue weighted by Gasteiger charge is -2.24. The zero-order chi connectivity index (χ0) is 10.6. The molecule has 1 atom stereocenters. The smallest absolute Gasteiger partial charge is 0.411 e. The van der Waals surface area contributed by atoms with Crippen LogP contribution in [0.25, 0.3) is 0 Å². The van der Waals surface area contributed by atoms with Crippen LogP contribution in [-0.4, -0.2) is 48.8 Å². The number of likely N-dealkylation sites (tertiary alicyclic amines) is 1. The van der Waals surface area contributed by atoms with Crippen LogP contribution in [0.1, 0.15) is 26.7 Å². The Bertz CT molecular complexity index is 193. The molecule has 0 aromatic carbocycles. The molecular weight excluding hydrogens is 180 g/mol. The monoisotopic (exact) mass is 200 g/mol. The summed E-state index contributed by atoms with van der Waals surface area (Å²) in [6, 6.07) is 0. The molecule has 1 heterocycles. The van der Waals surface area contributed by atoms with E-state index >= 15 is 0 Å². The van der Waals surface area contributed by atoms with Crippen LogP contribution in [0.3, 0.4) is 0 Å². The second-order valence-electron chi connectivity index (χ2n) is 3.63. The lowest BCUT2D eigenvalue weighted by molar-refractivity contribution is 0.00703. The van der Waals surface area contributed by atoms with E-state index in [1.165, 1.54) is 0 Å². The summed E-state index contributed by atoms with van der Waals surface area (Å²) in [5.41, 5.74) is 0. The van der Waals surface area contributed by atoms with E-state index in [-0.39, 0.29) is 12.3 Å². The molecule has 1 amide bonds. The maximum Gasteiger partial charge on any atom is 0.411 e. The number of hydrogen-bond acceptors (Lipinski definition) is 3. The van der Waals surface area contributed by atoms with Gasteiger partial charge in [-0.05, 0) is 33.7 Å². The first-order chi connectivity index (χ1) is 6.69. The standard InChI is InChI=1S/C10H20N2O2/c1-4-12(5-2)10(13)14-9-7-6-8-11(9)3/h9H,4-8H2,1-3H3. The number of ether oxygens (including phenoxy) is 1. The average Bonchev–Trinajstić information content (AvgIpc) is 2.54. The van der Waals surface area contributed by atoms with Gasteiger partial charge >= 0.3 is 6.09 Å². The second-order valence-corrected chi connectivity index (χ2v) is 3.63. The molecule has 0 aromatic heterocycles. The summed E-state index contributed by atoms with van der Waals surface area (Å²) in [7, 11) is 1.99. The van der Waals surface area contributed by atoms with Crippen LogP contribution in [0.5, 0.6) is 0 Å². The van der Waals surface area contributed by atoms with E-state index in [2.05, 4.69) is 4.90 Å². The Hall–Kier alpha value is -0.770. The van der Waals surface area contributed by atoms with Gasteiger partial charge in [0, 0.05) is 19.6 Å². The van der Waals surface area contributed by atoms with Gasteiger partial charge in [0.05, 0.1) is 0 Å². The molecule has 4 nitrogen and oxygen atoms in total. The Morgan fingerprint density at radius 3 is 2.57 bits per heavy atom. The number of amides is 1. The van der Waals surface area contributed by atoms with E-state index in [0.29, 0.717) is 13.1 Å². The summed E-state index contributed by atoms with van der Waals surface area (Å²) in [6.07, 6.45) is 1.88. The molecule has 1 aliphatic rings. The lowest BCUT2D eigenvalue weighted by atomic mass is 10.4. The summed E-state index contributed by atoms with van der Waals surface area (Å²) in [5, 5.41) is 0. The first-order valence-electron chi connectivity index (χ1n) is 5.34. The minimum atomic E-state index is -0.186. The van der Waals surface area contributed by atoms with E-state index in [1.807, 2.05) is 20.9 Å². The van der Waals surface area contributed by atoms with Crippen LogP contribution in [0.15, 0.2) is 0 Å². The minimum absolute atomic E-state index is 0.0110. The van der Waals surface area contributed by atoms with Crippen molar-refractivity contribution in [2.75, 3.05) is 26.7 Å². The van der Waals surface area contributed by atoms with Crippen LogP contribution in [0.2, 0.25) is 0 Å². The van der Waals surface area contributed by atoms with Gasteiger partial charge in [-0.15, -0.1) is 0 Å². The largest absolute Gasteiger partial charge is 0.430 e. The molecule has 0 aliphatic carbocycles. The Morgan fingerprint density at radius 1 is 1.50 bits per heavy atom. The van der Waals surface area contributed by atoms with E-state index in [1.54, 1.807) is 4.90 Å². The number of carbonyl (C=O) groups is 1. The van der Waals surface area contributed by atoms with Gasteiger partial charge in [0.25, 0.3) is 0 Å². The predicted molar refractivity (Wildman–Crippen MR) is 55.1 cm³/mol. The van der Waals surface area contributed by atoms with Crippen molar-refractivity contribution in [2.45, 2.75) is 32.9 Å². The molecule has 0 aromatic rings. The second kappa shape index (κ2) is 5.20.